The summed E-state index contributed by atoms with van der Waals surface area (Å²) in [6.07, 6.45) is 3.87. The van der Waals surface area contributed by atoms with Gasteiger partial charge in [0.1, 0.15) is 22.8 Å². The van der Waals surface area contributed by atoms with Crippen molar-refractivity contribution in [3.05, 3.63) is 41.8 Å². The van der Waals surface area contributed by atoms with Crippen molar-refractivity contribution < 1.29 is 9.18 Å². The number of hydrogen-bond acceptors (Lipinski definition) is 6. The first-order chi connectivity index (χ1) is 14.7. The zero-order chi connectivity index (χ0) is 20.5. The summed E-state index contributed by atoms with van der Waals surface area (Å²) in [6, 6.07) is 6.57. The number of aromatic nitrogens is 2. The van der Waals surface area contributed by atoms with E-state index in [1.54, 1.807) is 29.8 Å². The molecular weight excluding hydrogens is 401 g/mol. The molecule has 4 heterocycles. The maximum atomic E-state index is 13.4. The van der Waals surface area contributed by atoms with E-state index < -0.39 is 0 Å². The van der Waals surface area contributed by atoms with Gasteiger partial charge in [0.2, 0.25) is 5.91 Å². The van der Waals surface area contributed by atoms with Crippen LogP contribution in [0.3, 0.4) is 0 Å². The van der Waals surface area contributed by atoms with Crippen LogP contribution >= 0.6 is 11.3 Å². The smallest absolute Gasteiger partial charge is 0.236 e. The minimum Gasteiger partial charge on any atom is -0.353 e. The summed E-state index contributed by atoms with van der Waals surface area (Å²) in [5.74, 6) is 0.933. The van der Waals surface area contributed by atoms with Crippen LogP contribution in [0.25, 0.3) is 21.3 Å². The normalized spacial score (nSPS) is 17.8. The number of carbonyl (C=O) groups is 1. The van der Waals surface area contributed by atoms with Crippen LogP contribution in [0, 0.1) is 5.82 Å². The van der Waals surface area contributed by atoms with Crippen molar-refractivity contribution >= 4 is 33.3 Å². The fourth-order valence-corrected chi connectivity index (χ4v) is 5.23. The maximum absolute atomic E-state index is 13.4. The second-order valence-corrected chi connectivity index (χ2v) is 8.74. The number of nitrogens with zero attached hydrogens (tertiary/aromatic N) is 5. The number of thiophene rings is 1. The third-order valence-electron chi connectivity index (χ3n) is 5.99. The predicted octanol–water partition coefficient (Wildman–Crippen LogP) is 3.24. The Morgan fingerprint density at radius 1 is 1.00 bits per heavy atom. The Kier molecular flexibility index (Phi) is 5.35. The number of piperazine rings is 1. The third-order valence-corrected chi connectivity index (χ3v) is 6.88. The minimum atomic E-state index is -0.241. The van der Waals surface area contributed by atoms with Gasteiger partial charge in [0.05, 0.1) is 11.9 Å². The van der Waals surface area contributed by atoms with Gasteiger partial charge in [0.25, 0.3) is 0 Å². The van der Waals surface area contributed by atoms with E-state index in [0.29, 0.717) is 6.54 Å². The number of hydrogen-bond donors (Lipinski definition) is 0. The lowest BCUT2D eigenvalue weighted by Crippen LogP contribution is -2.50. The molecule has 3 aromatic rings. The van der Waals surface area contributed by atoms with Gasteiger partial charge in [0, 0.05) is 50.2 Å². The number of likely N-dealkylation sites (tertiary alicyclic amines) is 1. The van der Waals surface area contributed by atoms with Crippen LogP contribution in [0.5, 0.6) is 0 Å². The highest BCUT2D eigenvalue weighted by Crippen LogP contribution is 2.38. The summed E-state index contributed by atoms with van der Waals surface area (Å²) < 4.78 is 13.4. The lowest BCUT2D eigenvalue weighted by atomic mass is 10.1. The molecule has 2 fully saturated rings. The molecule has 5 rings (SSSR count). The molecule has 0 unspecified atom stereocenters. The van der Waals surface area contributed by atoms with Gasteiger partial charge in [-0.1, -0.05) is 12.1 Å². The number of halogens is 1. The molecule has 2 saturated heterocycles. The van der Waals surface area contributed by atoms with Crippen molar-refractivity contribution in [2.24, 2.45) is 0 Å². The SMILES string of the molecule is O=C(CN1CCN(c2ncnc3scc(-c4ccc(F)cc4)c23)CC1)N1CCCC1. The Balaban J connectivity index is 1.34. The molecule has 0 spiro atoms. The summed E-state index contributed by atoms with van der Waals surface area (Å²) in [5, 5.41) is 3.09. The van der Waals surface area contributed by atoms with E-state index in [2.05, 4.69) is 25.1 Å². The molecule has 0 aliphatic carbocycles. The Morgan fingerprint density at radius 3 is 2.47 bits per heavy atom. The molecule has 0 N–H and O–H groups in total. The lowest BCUT2D eigenvalue weighted by Gasteiger charge is -2.36. The van der Waals surface area contributed by atoms with Crippen LogP contribution in [-0.4, -0.2) is 71.5 Å². The molecule has 0 saturated carbocycles. The Morgan fingerprint density at radius 2 is 1.73 bits per heavy atom. The molecule has 8 heteroatoms. The molecular formula is C22H24FN5OS. The second kappa shape index (κ2) is 8.28. The van der Waals surface area contributed by atoms with Crippen LogP contribution in [-0.2, 0) is 4.79 Å². The first-order valence-electron chi connectivity index (χ1n) is 10.4. The average molecular weight is 426 g/mol. The van der Waals surface area contributed by atoms with Crippen molar-refractivity contribution in [3.63, 3.8) is 0 Å². The highest BCUT2D eigenvalue weighted by Gasteiger charge is 2.25. The van der Waals surface area contributed by atoms with Crippen LogP contribution in [0.15, 0.2) is 36.0 Å². The molecule has 0 radical (unpaired) electrons. The summed E-state index contributed by atoms with van der Waals surface area (Å²) in [7, 11) is 0. The number of amides is 1. The van der Waals surface area contributed by atoms with Crippen molar-refractivity contribution in [3.8, 4) is 11.1 Å². The number of benzene rings is 1. The second-order valence-electron chi connectivity index (χ2n) is 7.88. The van der Waals surface area contributed by atoms with Gasteiger partial charge < -0.3 is 9.80 Å². The third kappa shape index (κ3) is 3.77. The van der Waals surface area contributed by atoms with Crippen LogP contribution in [0.4, 0.5) is 10.2 Å². The van der Waals surface area contributed by atoms with E-state index in [9.17, 15) is 9.18 Å². The van der Waals surface area contributed by atoms with Gasteiger partial charge in [-0.15, -0.1) is 11.3 Å². The van der Waals surface area contributed by atoms with Gasteiger partial charge in [-0.05, 0) is 30.5 Å². The topological polar surface area (TPSA) is 52.6 Å². The van der Waals surface area contributed by atoms with Gasteiger partial charge in [-0.25, -0.2) is 14.4 Å². The van der Waals surface area contributed by atoms with E-state index in [1.807, 2.05) is 4.90 Å². The molecule has 2 aliphatic rings. The number of fused-ring (bicyclic) bond motifs is 1. The molecule has 2 aromatic heterocycles. The molecule has 0 bridgehead atoms. The standard InChI is InChI=1S/C22H24FN5OS/c23-17-5-3-16(4-6-17)18-14-30-22-20(18)21(24-15-25-22)28-11-9-26(10-12-28)13-19(29)27-7-1-2-8-27/h3-6,14-15H,1-2,7-13H2. The summed E-state index contributed by atoms with van der Waals surface area (Å²) in [6.45, 7) is 5.62. The number of carbonyl (C=O) groups excluding carboxylic acids is 1. The summed E-state index contributed by atoms with van der Waals surface area (Å²) in [5.41, 5.74) is 2.01. The molecule has 6 nitrogen and oxygen atoms in total. The van der Waals surface area contributed by atoms with Crippen LogP contribution in [0.1, 0.15) is 12.8 Å². The molecule has 1 amide bonds. The highest BCUT2D eigenvalue weighted by molar-refractivity contribution is 7.17. The monoisotopic (exact) mass is 425 g/mol. The van der Waals surface area contributed by atoms with Crippen molar-refractivity contribution in [2.45, 2.75) is 12.8 Å². The zero-order valence-corrected chi connectivity index (χ0v) is 17.6. The van der Waals surface area contributed by atoms with Crippen molar-refractivity contribution in [2.75, 3.05) is 50.7 Å². The lowest BCUT2D eigenvalue weighted by molar-refractivity contribution is -0.131. The van der Waals surface area contributed by atoms with Crippen LogP contribution in [0.2, 0.25) is 0 Å². The minimum absolute atomic E-state index is 0.241. The van der Waals surface area contributed by atoms with Crippen LogP contribution < -0.4 is 4.90 Å². The first kappa shape index (κ1) is 19.4. The molecule has 1 aromatic carbocycles. The van der Waals surface area contributed by atoms with E-state index in [0.717, 1.165) is 79.3 Å². The molecule has 0 atom stereocenters. The number of anilines is 1. The molecule has 156 valence electrons. The number of rotatable bonds is 4. The van der Waals surface area contributed by atoms with E-state index in [1.165, 1.54) is 12.1 Å². The van der Waals surface area contributed by atoms with E-state index in [4.69, 9.17) is 0 Å². The summed E-state index contributed by atoms with van der Waals surface area (Å²) >= 11 is 1.58. The Labute approximate surface area is 178 Å². The first-order valence-corrected chi connectivity index (χ1v) is 11.3. The van der Waals surface area contributed by atoms with Gasteiger partial charge in [0.15, 0.2) is 0 Å². The van der Waals surface area contributed by atoms with Gasteiger partial charge in [-0.2, -0.15) is 0 Å². The molecule has 2 aliphatic heterocycles. The zero-order valence-electron chi connectivity index (χ0n) is 16.8. The van der Waals surface area contributed by atoms with Crippen molar-refractivity contribution in [1.82, 2.24) is 19.8 Å². The Bertz CT molecular complexity index is 1040. The fraction of sp³-hybridized carbons (Fsp3) is 0.409. The van der Waals surface area contributed by atoms with Crippen molar-refractivity contribution in [1.29, 1.82) is 0 Å². The van der Waals surface area contributed by atoms with E-state index in [-0.39, 0.29) is 11.7 Å². The highest BCUT2D eigenvalue weighted by atomic mass is 32.1. The quantitative estimate of drug-likeness (QED) is 0.642. The average Bonchev–Trinajstić information content (AvgIpc) is 3.45. The molecule has 30 heavy (non-hydrogen) atoms. The van der Waals surface area contributed by atoms with E-state index >= 15 is 0 Å². The Hall–Kier alpha value is -2.58. The largest absolute Gasteiger partial charge is 0.353 e. The van der Waals surface area contributed by atoms with Gasteiger partial charge in [-0.3, -0.25) is 9.69 Å². The predicted molar refractivity (Wildman–Crippen MR) is 117 cm³/mol. The maximum Gasteiger partial charge on any atom is 0.236 e. The fourth-order valence-electron chi connectivity index (χ4n) is 4.32. The van der Waals surface area contributed by atoms with Gasteiger partial charge >= 0.3 is 0 Å². The summed E-state index contributed by atoms with van der Waals surface area (Å²) in [4.78, 5) is 29.0.